The monoisotopic (exact) mass is 326 g/mol. The Balaban J connectivity index is 1.79. The molecule has 0 aromatic heterocycles. The standard InChI is InChI=1S/C17H30N2O4/c1-16(2,3)22-14(20)18-12-8-11-7-10(12)9-13(11)19-15(21)23-17(4,5)6/h10-13H,7-9H2,1-6H3,(H,18,20)(H,19,21). The summed E-state index contributed by atoms with van der Waals surface area (Å²) in [5, 5.41) is 5.95. The van der Waals surface area contributed by atoms with Crippen molar-refractivity contribution in [2.75, 3.05) is 0 Å². The Bertz CT molecular complexity index is 422. The summed E-state index contributed by atoms with van der Waals surface area (Å²) in [6.45, 7) is 11.1. The second kappa shape index (κ2) is 6.21. The molecule has 6 heteroatoms. The van der Waals surface area contributed by atoms with E-state index in [1.165, 1.54) is 0 Å². The molecule has 2 saturated carbocycles. The van der Waals surface area contributed by atoms with E-state index in [9.17, 15) is 9.59 Å². The summed E-state index contributed by atoms with van der Waals surface area (Å²) in [6.07, 6.45) is 2.08. The molecule has 23 heavy (non-hydrogen) atoms. The van der Waals surface area contributed by atoms with E-state index in [-0.39, 0.29) is 24.3 Å². The SMILES string of the molecule is CC(C)(C)OC(=O)NC1CC2CC1CC2NC(=O)OC(C)(C)C. The summed E-state index contributed by atoms with van der Waals surface area (Å²) in [7, 11) is 0. The van der Waals surface area contributed by atoms with E-state index >= 15 is 0 Å². The summed E-state index contributed by atoms with van der Waals surface area (Å²) in [5.74, 6) is 0.792. The molecule has 2 amide bonds. The molecule has 2 aliphatic carbocycles. The van der Waals surface area contributed by atoms with Gasteiger partial charge in [-0.25, -0.2) is 9.59 Å². The quantitative estimate of drug-likeness (QED) is 0.817. The van der Waals surface area contributed by atoms with E-state index in [1.807, 2.05) is 41.5 Å². The highest BCUT2D eigenvalue weighted by atomic mass is 16.6. The van der Waals surface area contributed by atoms with Gasteiger partial charge < -0.3 is 20.1 Å². The first-order valence-electron chi connectivity index (χ1n) is 8.42. The minimum absolute atomic E-state index is 0.145. The highest BCUT2D eigenvalue weighted by molar-refractivity contribution is 5.69. The molecule has 4 atom stereocenters. The van der Waals surface area contributed by atoms with E-state index in [2.05, 4.69) is 10.6 Å². The Hall–Kier alpha value is -1.46. The molecule has 0 aromatic carbocycles. The number of carbonyl (C=O) groups is 2. The van der Waals surface area contributed by atoms with Crippen molar-refractivity contribution in [2.45, 2.75) is 84.1 Å². The second-order valence-electron chi connectivity index (χ2n) is 8.73. The summed E-state index contributed by atoms with van der Waals surface area (Å²) in [4.78, 5) is 23.8. The minimum Gasteiger partial charge on any atom is -0.444 e. The van der Waals surface area contributed by atoms with Crippen LogP contribution in [0, 0.1) is 11.8 Å². The molecule has 2 N–H and O–H groups in total. The molecule has 0 heterocycles. The molecule has 0 aliphatic heterocycles. The van der Waals surface area contributed by atoms with Gasteiger partial charge in [0.15, 0.2) is 0 Å². The number of hydrogen-bond donors (Lipinski definition) is 2. The molecule has 4 unspecified atom stereocenters. The highest BCUT2D eigenvalue weighted by Gasteiger charge is 2.47. The Labute approximate surface area is 138 Å². The van der Waals surface area contributed by atoms with Crippen LogP contribution in [0.15, 0.2) is 0 Å². The summed E-state index contributed by atoms with van der Waals surface area (Å²) in [5.41, 5.74) is -0.967. The Kier molecular flexibility index (Phi) is 4.83. The van der Waals surface area contributed by atoms with Gasteiger partial charge >= 0.3 is 12.2 Å². The molecule has 0 saturated heterocycles. The van der Waals surface area contributed by atoms with Crippen LogP contribution in [0.1, 0.15) is 60.8 Å². The van der Waals surface area contributed by atoms with Gasteiger partial charge in [0.25, 0.3) is 0 Å². The smallest absolute Gasteiger partial charge is 0.407 e. The fourth-order valence-corrected chi connectivity index (χ4v) is 3.55. The lowest BCUT2D eigenvalue weighted by molar-refractivity contribution is 0.0441. The van der Waals surface area contributed by atoms with Gasteiger partial charge in [0.1, 0.15) is 11.2 Å². The maximum absolute atomic E-state index is 11.9. The van der Waals surface area contributed by atoms with Crippen molar-refractivity contribution in [3.63, 3.8) is 0 Å². The van der Waals surface area contributed by atoms with Gasteiger partial charge in [0, 0.05) is 12.1 Å². The van der Waals surface area contributed by atoms with Gasteiger partial charge in [-0.15, -0.1) is 0 Å². The summed E-state index contributed by atoms with van der Waals surface area (Å²) < 4.78 is 10.6. The van der Waals surface area contributed by atoms with E-state index in [4.69, 9.17) is 9.47 Å². The van der Waals surface area contributed by atoms with Gasteiger partial charge in [-0.1, -0.05) is 0 Å². The van der Waals surface area contributed by atoms with Crippen LogP contribution in [-0.2, 0) is 9.47 Å². The van der Waals surface area contributed by atoms with Crippen LogP contribution in [-0.4, -0.2) is 35.5 Å². The van der Waals surface area contributed by atoms with Crippen LogP contribution in [0.25, 0.3) is 0 Å². The lowest BCUT2D eigenvalue weighted by Gasteiger charge is -2.30. The third-order valence-electron chi connectivity index (χ3n) is 4.26. The average Bonchev–Trinajstić information content (AvgIpc) is 2.82. The number of carbonyl (C=O) groups excluding carboxylic acids is 2. The van der Waals surface area contributed by atoms with Crippen molar-refractivity contribution in [1.82, 2.24) is 10.6 Å². The largest absolute Gasteiger partial charge is 0.444 e. The molecule has 6 nitrogen and oxygen atoms in total. The number of amides is 2. The van der Waals surface area contributed by atoms with E-state index in [0.717, 1.165) is 19.3 Å². The Morgan fingerprint density at radius 3 is 1.35 bits per heavy atom. The van der Waals surface area contributed by atoms with Gasteiger partial charge in [0.05, 0.1) is 0 Å². The predicted octanol–water partition coefficient (Wildman–Crippen LogP) is 3.20. The Morgan fingerprint density at radius 2 is 1.09 bits per heavy atom. The van der Waals surface area contributed by atoms with Crippen LogP contribution in [0.2, 0.25) is 0 Å². The molecule has 132 valence electrons. The number of alkyl carbamates (subject to hydrolysis) is 2. The first-order chi connectivity index (χ1) is 10.4. The molecule has 2 rings (SSSR count). The average molecular weight is 326 g/mol. The highest BCUT2D eigenvalue weighted by Crippen LogP contribution is 2.44. The van der Waals surface area contributed by atoms with Gasteiger partial charge in [-0.2, -0.15) is 0 Å². The van der Waals surface area contributed by atoms with Crippen LogP contribution >= 0.6 is 0 Å². The van der Waals surface area contributed by atoms with Gasteiger partial charge in [-0.3, -0.25) is 0 Å². The predicted molar refractivity (Wildman–Crippen MR) is 87.1 cm³/mol. The summed E-state index contributed by atoms with van der Waals surface area (Å²) >= 11 is 0. The fourth-order valence-electron chi connectivity index (χ4n) is 3.55. The second-order valence-corrected chi connectivity index (χ2v) is 8.73. The number of fused-ring (bicyclic) bond motifs is 2. The number of ether oxygens (including phenoxy) is 2. The third-order valence-corrected chi connectivity index (χ3v) is 4.26. The van der Waals surface area contributed by atoms with Crippen molar-refractivity contribution in [3.8, 4) is 0 Å². The molecular formula is C17H30N2O4. The van der Waals surface area contributed by atoms with Crippen molar-refractivity contribution < 1.29 is 19.1 Å². The number of rotatable bonds is 2. The van der Waals surface area contributed by atoms with Crippen LogP contribution in [0.4, 0.5) is 9.59 Å². The molecule has 0 radical (unpaired) electrons. The summed E-state index contributed by atoms with van der Waals surface area (Å²) in [6, 6.07) is 0.290. The maximum atomic E-state index is 11.9. The molecule has 0 aromatic rings. The van der Waals surface area contributed by atoms with Crippen molar-refractivity contribution in [1.29, 1.82) is 0 Å². The van der Waals surface area contributed by atoms with Crippen LogP contribution < -0.4 is 10.6 Å². The zero-order chi connectivity index (χ0) is 17.4. The fraction of sp³-hybridized carbons (Fsp3) is 0.882. The van der Waals surface area contributed by atoms with E-state index in [0.29, 0.717) is 11.8 Å². The van der Waals surface area contributed by atoms with E-state index < -0.39 is 11.2 Å². The van der Waals surface area contributed by atoms with E-state index in [1.54, 1.807) is 0 Å². The van der Waals surface area contributed by atoms with Crippen molar-refractivity contribution >= 4 is 12.2 Å². The lowest BCUT2D eigenvalue weighted by atomic mass is 9.91. The Morgan fingerprint density at radius 1 is 0.739 bits per heavy atom. The normalized spacial score (nSPS) is 30.0. The number of nitrogens with one attached hydrogen (secondary N) is 2. The number of hydrogen-bond acceptors (Lipinski definition) is 4. The van der Waals surface area contributed by atoms with Crippen molar-refractivity contribution in [3.05, 3.63) is 0 Å². The topological polar surface area (TPSA) is 76.7 Å². The zero-order valence-corrected chi connectivity index (χ0v) is 15.1. The first-order valence-corrected chi connectivity index (χ1v) is 8.42. The van der Waals surface area contributed by atoms with Crippen LogP contribution in [0.3, 0.4) is 0 Å². The first kappa shape index (κ1) is 17.9. The zero-order valence-electron chi connectivity index (χ0n) is 15.1. The molecular weight excluding hydrogens is 296 g/mol. The molecule has 2 bridgehead atoms. The molecule has 2 aliphatic rings. The molecule has 2 fully saturated rings. The van der Waals surface area contributed by atoms with Crippen LogP contribution in [0.5, 0.6) is 0 Å². The van der Waals surface area contributed by atoms with Gasteiger partial charge in [-0.05, 0) is 72.6 Å². The maximum Gasteiger partial charge on any atom is 0.407 e. The lowest BCUT2D eigenvalue weighted by Crippen LogP contribution is -2.47. The van der Waals surface area contributed by atoms with Gasteiger partial charge in [0.2, 0.25) is 0 Å². The molecule has 0 spiro atoms. The minimum atomic E-state index is -0.484. The van der Waals surface area contributed by atoms with Crippen molar-refractivity contribution in [2.24, 2.45) is 11.8 Å². The third kappa shape index (κ3) is 5.29.